The highest BCUT2D eigenvalue weighted by Gasteiger charge is 2.34. The van der Waals surface area contributed by atoms with Gasteiger partial charge in [-0.15, -0.1) is 11.3 Å². The first-order valence-electron chi connectivity index (χ1n) is 8.70. The monoisotopic (exact) mass is 367 g/mol. The van der Waals surface area contributed by atoms with Crippen molar-refractivity contribution in [3.63, 3.8) is 0 Å². The Morgan fingerprint density at radius 2 is 1.92 bits per heavy atom. The highest BCUT2D eigenvalue weighted by molar-refractivity contribution is 7.20. The topological polar surface area (TPSA) is 38.8 Å². The number of benzene rings is 2. The molecule has 3 aromatic rings. The Morgan fingerprint density at radius 3 is 2.62 bits per heavy atom. The number of nitrogens with zero attached hydrogens (tertiary/aromatic N) is 1. The summed E-state index contributed by atoms with van der Waals surface area (Å²) in [5.74, 6) is 1.64. The summed E-state index contributed by atoms with van der Waals surface area (Å²) >= 11 is 1.56. The molecule has 4 nitrogen and oxygen atoms in total. The molecule has 0 saturated heterocycles. The first-order valence-corrected chi connectivity index (χ1v) is 9.51. The summed E-state index contributed by atoms with van der Waals surface area (Å²) in [6, 6.07) is 16.1. The lowest BCUT2D eigenvalue weighted by molar-refractivity contribution is 0.0733. The van der Waals surface area contributed by atoms with Crippen molar-refractivity contribution in [1.29, 1.82) is 0 Å². The highest BCUT2D eigenvalue weighted by atomic mass is 32.1. The Kier molecular flexibility index (Phi) is 4.55. The van der Waals surface area contributed by atoms with Crippen LogP contribution in [-0.4, -0.2) is 31.1 Å². The fraction of sp³-hybridized carbons (Fsp3) is 0.286. The Morgan fingerprint density at radius 1 is 1.12 bits per heavy atom. The van der Waals surface area contributed by atoms with Crippen molar-refractivity contribution in [3.8, 4) is 11.5 Å². The molecule has 1 amide bonds. The zero-order valence-electron chi connectivity index (χ0n) is 14.9. The molecule has 1 aliphatic carbocycles. The first kappa shape index (κ1) is 16.9. The molecular formula is C21H21NO3S. The summed E-state index contributed by atoms with van der Waals surface area (Å²) in [7, 11) is 3.30. The Hall–Kier alpha value is -2.53. The van der Waals surface area contributed by atoms with Crippen molar-refractivity contribution in [2.75, 3.05) is 14.2 Å². The van der Waals surface area contributed by atoms with Gasteiger partial charge in [-0.3, -0.25) is 4.79 Å². The largest absolute Gasteiger partial charge is 0.497 e. The van der Waals surface area contributed by atoms with Gasteiger partial charge in [-0.2, -0.15) is 0 Å². The van der Waals surface area contributed by atoms with Gasteiger partial charge in [0, 0.05) is 16.3 Å². The number of methoxy groups -OCH3 is 2. The first-order chi connectivity index (χ1) is 12.7. The zero-order chi connectivity index (χ0) is 18.1. The summed E-state index contributed by atoms with van der Waals surface area (Å²) in [6.07, 6.45) is 2.12. The van der Waals surface area contributed by atoms with Crippen LogP contribution in [0.2, 0.25) is 0 Å². The molecule has 4 rings (SSSR count). The molecule has 1 aromatic heterocycles. The smallest absolute Gasteiger partial charge is 0.264 e. The van der Waals surface area contributed by atoms with Crippen LogP contribution >= 0.6 is 11.3 Å². The third-order valence-electron chi connectivity index (χ3n) is 4.71. The third-order valence-corrected chi connectivity index (χ3v) is 5.82. The number of carbonyl (C=O) groups is 1. The Bertz CT molecular complexity index is 912. The van der Waals surface area contributed by atoms with Crippen molar-refractivity contribution < 1.29 is 14.3 Å². The van der Waals surface area contributed by atoms with Crippen LogP contribution in [-0.2, 0) is 6.54 Å². The van der Waals surface area contributed by atoms with Gasteiger partial charge < -0.3 is 14.4 Å². The molecule has 1 saturated carbocycles. The van der Waals surface area contributed by atoms with Crippen molar-refractivity contribution in [2.24, 2.45) is 0 Å². The number of thiophene rings is 1. The number of rotatable bonds is 6. The van der Waals surface area contributed by atoms with Crippen LogP contribution in [0.15, 0.2) is 48.5 Å². The molecular weight excluding hydrogens is 346 g/mol. The summed E-state index contributed by atoms with van der Waals surface area (Å²) in [5, 5.41) is 1.12. The Balaban J connectivity index is 1.65. The van der Waals surface area contributed by atoms with Crippen LogP contribution in [0.1, 0.15) is 28.1 Å². The minimum Gasteiger partial charge on any atom is -0.497 e. The van der Waals surface area contributed by atoms with Gasteiger partial charge in [0.25, 0.3) is 5.91 Å². The average Bonchev–Trinajstić information content (AvgIpc) is 3.42. The molecule has 0 bridgehead atoms. The second kappa shape index (κ2) is 7.00. The molecule has 134 valence electrons. The minimum atomic E-state index is 0.0959. The fourth-order valence-corrected chi connectivity index (χ4v) is 4.19. The molecule has 0 radical (unpaired) electrons. The number of hydrogen-bond acceptors (Lipinski definition) is 4. The van der Waals surface area contributed by atoms with E-state index in [9.17, 15) is 4.79 Å². The van der Waals surface area contributed by atoms with Crippen molar-refractivity contribution in [2.45, 2.75) is 25.4 Å². The predicted octanol–water partition coefficient (Wildman–Crippen LogP) is 4.72. The van der Waals surface area contributed by atoms with Crippen LogP contribution < -0.4 is 9.47 Å². The van der Waals surface area contributed by atoms with E-state index in [1.165, 1.54) is 0 Å². The van der Waals surface area contributed by atoms with Crippen LogP contribution in [0, 0.1) is 0 Å². The standard InChI is InChI=1S/C21H21NO3S/c1-24-17-9-10-18(25-2)15(11-17)13-22(16-7-8-16)21(23)20-12-14-5-3-4-6-19(14)26-20/h3-6,9-12,16H,7-8,13H2,1-2H3. The molecule has 26 heavy (non-hydrogen) atoms. The van der Waals surface area contributed by atoms with Gasteiger partial charge in [0.1, 0.15) is 11.5 Å². The molecule has 1 fully saturated rings. The van der Waals surface area contributed by atoms with Gasteiger partial charge in [-0.25, -0.2) is 0 Å². The van der Waals surface area contributed by atoms with Crippen LogP contribution in [0.4, 0.5) is 0 Å². The van der Waals surface area contributed by atoms with E-state index >= 15 is 0 Å². The van der Waals surface area contributed by atoms with E-state index in [-0.39, 0.29) is 5.91 Å². The van der Waals surface area contributed by atoms with Gasteiger partial charge in [-0.05, 0) is 48.6 Å². The van der Waals surface area contributed by atoms with E-state index in [1.54, 1.807) is 25.6 Å². The molecule has 0 N–H and O–H groups in total. The summed E-state index contributed by atoms with van der Waals surface area (Å²) < 4.78 is 12.0. The maximum atomic E-state index is 13.2. The van der Waals surface area contributed by atoms with Gasteiger partial charge in [0.2, 0.25) is 0 Å². The summed E-state index contributed by atoms with van der Waals surface area (Å²) in [4.78, 5) is 16.0. The van der Waals surface area contributed by atoms with Gasteiger partial charge in [0.15, 0.2) is 0 Å². The molecule has 1 heterocycles. The van der Waals surface area contributed by atoms with E-state index in [0.29, 0.717) is 12.6 Å². The summed E-state index contributed by atoms with van der Waals surface area (Å²) in [6.45, 7) is 0.526. The fourth-order valence-electron chi connectivity index (χ4n) is 3.17. The summed E-state index contributed by atoms with van der Waals surface area (Å²) in [5.41, 5.74) is 0.966. The SMILES string of the molecule is COc1ccc(OC)c(CN(C(=O)c2cc3ccccc3s2)C2CC2)c1. The molecule has 0 atom stereocenters. The lowest BCUT2D eigenvalue weighted by Crippen LogP contribution is -2.32. The van der Waals surface area contributed by atoms with E-state index < -0.39 is 0 Å². The second-order valence-corrected chi connectivity index (χ2v) is 7.57. The van der Waals surface area contributed by atoms with Crippen LogP contribution in [0.25, 0.3) is 10.1 Å². The number of fused-ring (bicyclic) bond motifs is 1. The van der Waals surface area contributed by atoms with E-state index in [0.717, 1.165) is 44.9 Å². The predicted molar refractivity (Wildman–Crippen MR) is 104 cm³/mol. The van der Waals surface area contributed by atoms with E-state index in [2.05, 4.69) is 12.1 Å². The maximum Gasteiger partial charge on any atom is 0.264 e. The molecule has 0 aliphatic heterocycles. The van der Waals surface area contributed by atoms with Crippen molar-refractivity contribution >= 4 is 27.3 Å². The molecule has 5 heteroatoms. The normalized spacial score (nSPS) is 13.6. The van der Waals surface area contributed by atoms with Crippen LogP contribution in [0.5, 0.6) is 11.5 Å². The van der Waals surface area contributed by atoms with Gasteiger partial charge >= 0.3 is 0 Å². The number of ether oxygens (including phenoxy) is 2. The van der Waals surface area contributed by atoms with E-state index in [1.807, 2.05) is 41.3 Å². The van der Waals surface area contributed by atoms with Crippen molar-refractivity contribution in [1.82, 2.24) is 4.90 Å². The number of hydrogen-bond donors (Lipinski definition) is 0. The highest BCUT2D eigenvalue weighted by Crippen LogP contribution is 2.35. The van der Waals surface area contributed by atoms with Gasteiger partial charge in [-0.1, -0.05) is 18.2 Å². The lowest BCUT2D eigenvalue weighted by Gasteiger charge is -2.23. The minimum absolute atomic E-state index is 0.0959. The molecule has 1 aliphatic rings. The Labute approximate surface area is 157 Å². The number of amides is 1. The lowest BCUT2D eigenvalue weighted by atomic mass is 10.1. The molecule has 2 aromatic carbocycles. The average molecular weight is 367 g/mol. The quantitative estimate of drug-likeness (QED) is 0.633. The second-order valence-electron chi connectivity index (χ2n) is 6.49. The third kappa shape index (κ3) is 3.27. The molecule has 0 unspecified atom stereocenters. The van der Waals surface area contributed by atoms with Gasteiger partial charge in [0.05, 0.1) is 25.6 Å². The zero-order valence-corrected chi connectivity index (χ0v) is 15.7. The van der Waals surface area contributed by atoms with Crippen LogP contribution in [0.3, 0.4) is 0 Å². The van der Waals surface area contributed by atoms with Crippen molar-refractivity contribution in [3.05, 3.63) is 59.0 Å². The van der Waals surface area contributed by atoms with E-state index in [4.69, 9.17) is 9.47 Å². The number of carbonyl (C=O) groups excluding carboxylic acids is 1. The molecule has 0 spiro atoms. The maximum absolute atomic E-state index is 13.2.